The molecule has 1 aromatic rings. The van der Waals surface area contributed by atoms with E-state index in [2.05, 4.69) is 22.1 Å². The van der Waals surface area contributed by atoms with Crippen LogP contribution in [0.3, 0.4) is 0 Å². The molecule has 2 atom stereocenters. The lowest BCUT2D eigenvalue weighted by Gasteiger charge is -2.29. The van der Waals surface area contributed by atoms with Crippen LogP contribution in [0.4, 0.5) is 0 Å². The van der Waals surface area contributed by atoms with Crippen LogP contribution in [-0.4, -0.2) is 51.2 Å². The summed E-state index contributed by atoms with van der Waals surface area (Å²) in [7, 11) is 2.05. The molecule has 118 valence electrons. The first kappa shape index (κ1) is 16.3. The summed E-state index contributed by atoms with van der Waals surface area (Å²) in [5.41, 5.74) is -0.892. The molecule has 0 aromatic carbocycles. The van der Waals surface area contributed by atoms with Crippen LogP contribution >= 0.6 is 11.8 Å². The first-order chi connectivity index (χ1) is 9.84. The molecular weight excluding hydrogens is 290 g/mol. The molecule has 6 nitrogen and oxygen atoms in total. The molecule has 1 aliphatic heterocycles. The van der Waals surface area contributed by atoms with Gasteiger partial charge in [0.15, 0.2) is 5.82 Å². The zero-order valence-corrected chi connectivity index (χ0v) is 13.8. The van der Waals surface area contributed by atoms with E-state index < -0.39 is 11.4 Å². The summed E-state index contributed by atoms with van der Waals surface area (Å²) in [6.07, 6.45) is 0.260. The van der Waals surface area contributed by atoms with Gasteiger partial charge in [-0.3, -0.25) is 9.69 Å². The lowest BCUT2D eigenvalue weighted by Crippen LogP contribution is -2.35. The molecule has 7 heteroatoms. The average Bonchev–Trinajstić information content (AvgIpc) is 2.86. The Morgan fingerprint density at radius 3 is 2.90 bits per heavy atom. The van der Waals surface area contributed by atoms with Crippen molar-refractivity contribution < 1.29 is 14.4 Å². The molecule has 1 N–H and O–H groups in total. The van der Waals surface area contributed by atoms with Gasteiger partial charge in [-0.05, 0) is 19.9 Å². The first-order valence-electron chi connectivity index (χ1n) is 7.18. The van der Waals surface area contributed by atoms with Gasteiger partial charge in [0.2, 0.25) is 5.89 Å². The molecule has 21 heavy (non-hydrogen) atoms. The van der Waals surface area contributed by atoms with E-state index in [4.69, 9.17) is 4.52 Å². The van der Waals surface area contributed by atoms with Gasteiger partial charge in [-0.1, -0.05) is 19.0 Å². The van der Waals surface area contributed by atoms with Gasteiger partial charge in [0.05, 0.1) is 11.5 Å². The molecule has 1 fully saturated rings. The zero-order chi connectivity index (χ0) is 15.6. The fraction of sp³-hybridized carbons (Fsp3) is 0.786. The van der Waals surface area contributed by atoms with Crippen molar-refractivity contribution in [3.63, 3.8) is 0 Å². The summed E-state index contributed by atoms with van der Waals surface area (Å²) in [6, 6.07) is 0.149. The second kappa shape index (κ2) is 6.36. The molecule has 1 aliphatic rings. The maximum Gasteiger partial charge on any atom is 0.310 e. The lowest BCUT2D eigenvalue weighted by molar-refractivity contribution is -0.150. The zero-order valence-electron chi connectivity index (χ0n) is 13.0. The van der Waals surface area contributed by atoms with Crippen LogP contribution in [-0.2, 0) is 11.2 Å². The molecule has 0 amide bonds. The van der Waals surface area contributed by atoms with Crippen LogP contribution in [0.5, 0.6) is 0 Å². The van der Waals surface area contributed by atoms with E-state index in [1.807, 2.05) is 25.6 Å². The molecule has 0 aliphatic carbocycles. The van der Waals surface area contributed by atoms with Crippen molar-refractivity contribution in [1.29, 1.82) is 0 Å². The Balaban J connectivity index is 2.14. The largest absolute Gasteiger partial charge is 0.481 e. The fourth-order valence-corrected chi connectivity index (χ4v) is 3.48. The van der Waals surface area contributed by atoms with Crippen molar-refractivity contribution >= 4 is 17.7 Å². The highest BCUT2D eigenvalue weighted by Gasteiger charge is 2.39. The third-order valence-corrected chi connectivity index (χ3v) is 5.48. The summed E-state index contributed by atoms with van der Waals surface area (Å²) in [5.74, 6) is 2.28. The Bertz CT molecular complexity index is 505. The molecule has 2 unspecified atom stereocenters. The van der Waals surface area contributed by atoms with Crippen LogP contribution in [0.15, 0.2) is 4.52 Å². The number of rotatable bonds is 5. The monoisotopic (exact) mass is 313 g/mol. The second-order valence-electron chi connectivity index (χ2n) is 6.17. The first-order valence-corrected chi connectivity index (χ1v) is 8.34. The van der Waals surface area contributed by atoms with E-state index in [1.54, 1.807) is 6.92 Å². The standard InChI is InChI=1S/C14H23N3O3S/c1-9(2)14(3,13(18)19)7-11-15-12(16-20-11)10-8-21-6-5-17(10)4/h9-10H,5-8H2,1-4H3,(H,18,19). The molecule has 1 aromatic heterocycles. The van der Waals surface area contributed by atoms with Crippen molar-refractivity contribution in [2.24, 2.45) is 11.3 Å². The highest BCUT2D eigenvalue weighted by atomic mass is 32.2. The number of hydrogen-bond acceptors (Lipinski definition) is 6. The molecule has 0 bridgehead atoms. The van der Waals surface area contributed by atoms with Crippen LogP contribution in [0.2, 0.25) is 0 Å². The van der Waals surface area contributed by atoms with Crippen molar-refractivity contribution in [3.8, 4) is 0 Å². The Hall–Kier alpha value is -1.08. The number of thioether (sulfide) groups is 1. The molecule has 2 heterocycles. The highest BCUT2D eigenvalue weighted by molar-refractivity contribution is 7.99. The minimum atomic E-state index is -0.892. The number of aliphatic carboxylic acids is 1. The smallest absolute Gasteiger partial charge is 0.310 e. The second-order valence-corrected chi connectivity index (χ2v) is 7.32. The number of nitrogens with zero attached hydrogens (tertiary/aromatic N) is 3. The fourth-order valence-electron chi connectivity index (χ4n) is 2.27. The highest BCUT2D eigenvalue weighted by Crippen LogP contribution is 2.32. The number of carboxylic acid groups (broad SMARTS) is 1. The van der Waals surface area contributed by atoms with E-state index in [-0.39, 0.29) is 18.4 Å². The third kappa shape index (κ3) is 3.40. The summed E-state index contributed by atoms with van der Waals surface area (Å²) in [6.45, 7) is 6.53. The van der Waals surface area contributed by atoms with E-state index in [0.717, 1.165) is 18.1 Å². The van der Waals surface area contributed by atoms with Gasteiger partial charge in [-0.15, -0.1) is 0 Å². The lowest BCUT2D eigenvalue weighted by atomic mass is 9.76. The predicted molar refractivity (Wildman–Crippen MR) is 81.3 cm³/mol. The van der Waals surface area contributed by atoms with Crippen molar-refractivity contribution in [1.82, 2.24) is 15.0 Å². The van der Waals surface area contributed by atoms with Gasteiger partial charge in [0.25, 0.3) is 0 Å². The quantitative estimate of drug-likeness (QED) is 0.891. The Labute approximate surface area is 129 Å². The average molecular weight is 313 g/mol. The third-order valence-electron chi connectivity index (χ3n) is 4.46. The van der Waals surface area contributed by atoms with Gasteiger partial charge < -0.3 is 9.63 Å². The van der Waals surface area contributed by atoms with Gasteiger partial charge >= 0.3 is 5.97 Å². The topological polar surface area (TPSA) is 79.5 Å². The maximum atomic E-state index is 11.5. The Morgan fingerprint density at radius 1 is 1.62 bits per heavy atom. The van der Waals surface area contributed by atoms with Crippen molar-refractivity contribution in [2.75, 3.05) is 25.1 Å². The number of aromatic nitrogens is 2. The van der Waals surface area contributed by atoms with E-state index >= 15 is 0 Å². The van der Waals surface area contributed by atoms with E-state index in [9.17, 15) is 9.90 Å². The molecule has 0 saturated carbocycles. The number of carboxylic acids is 1. The summed E-state index contributed by atoms with van der Waals surface area (Å²) in [5, 5.41) is 13.5. The Morgan fingerprint density at radius 2 is 2.33 bits per heavy atom. The minimum absolute atomic E-state index is 0.0155. The Kier molecular flexibility index (Phi) is 4.93. The van der Waals surface area contributed by atoms with E-state index in [0.29, 0.717) is 11.7 Å². The normalized spacial score (nSPS) is 23.2. The van der Waals surface area contributed by atoms with Crippen LogP contribution in [0.25, 0.3) is 0 Å². The van der Waals surface area contributed by atoms with Gasteiger partial charge in [-0.2, -0.15) is 16.7 Å². The SMILES string of the molecule is CC(C)C(C)(Cc1nc(C2CSCCN2C)no1)C(=O)O. The van der Waals surface area contributed by atoms with Crippen LogP contribution < -0.4 is 0 Å². The minimum Gasteiger partial charge on any atom is -0.481 e. The van der Waals surface area contributed by atoms with Crippen LogP contribution in [0.1, 0.15) is 38.5 Å². The summed E-state index contributed by atoms with van der Waals surface area (Å²) < 4.78 is 5.30. The summed E-state index contributed by atoms with van der Waals surface area (Å²) in [4.78, 5) is 18.2. The molecule has 2 rings (SSSR count). The molecule has 1 saturated heterocycles. The number of carbonyl (C=O) groups is 1. The maximum absolute atomic E-state index is 11.5. The van der Waals surface area contributed by atoms with Crippen molar-refractivity contribution in [2.45, 2.75) is 33.2 Å². The van der Waals surface area contributed by atoms with Crippen molar-refractivity contribution in [3.05, 3.63) is 11.7 Å². The number of hydrogen-bond donors (Lipinski definition) is 1. The van der Waals surface area contributed by atoms with Crippen LogP contribution in [0, 0.1) is 11.3 Å². The van der Waals surface area contributed by atoms with E-state index in [1.165, 1.54) is 0 Å². The molecule has 0 radical (unpaired) electrons. The van der Waals surface area contributed by atoms with Gasteiger partial charge in [-0.25, -0.2) is 0 Å². The summed E-state index contributed by atoms with van der Waals surface area (Å²) >= 11 is 1.88. The molecule has 0 spiro atoms. The van der Waals surface area contributed by atoms with Gasteiger partial charge in [0, 0.05) is 24.5 Å². The predicted octanol–water partition coefficient (Wildman–Crippen LogP) is 2.08. The molecular formula is C14H23N3O3S. The van der Waals surface area contributed by atoms with Gasteiger partial charge in [0.1, 0.15) is 0 Å².